The van der Waals surface area contributed by atoms with E-state index in [4.69, 9.17) is 6.58 Å². The summed E-state index contributed by atoms with van der Waals surface area (Å²) < 4.78 is 2.54. The molecule has 0 aliphatic carbocycles. The van der Waals surface area contributed by atoms with Gasteiger partial charge in [0, 0.05) is 21.9 Å². The topological polar surface area (TPSA) is 25.2 Å². The molecule has 5 aromatic carbocycles. The highest BCUT2D eigenvalue weighted by atomic mass is 16.1. The summed E-state index contributed by atoms with van der Waals surface area (Å²) >= 11 is 0. The Morgan fingerprint density at radius 3 is 0.961 bits per heavy atom. The van der Waals surface area contributed by atoms with Crippen LogP contribution in [0.15, 0.2) is 72.0 Å². The average Bonchev–Trinajstić information content (AvgIpc) is 3.21. The Balaban J connectivity index is 1.88. The molecule has 0 amide bonds. The van der Waals surface area contributed by atoms with Gasteiger partial charge in [-0.25, -0.2) is 0 Å². The minimum Gasteiger partial charge on any atom is -0.309 e. The molecule has 0 fully saturated rings. The lowest BCUT2D eigenvalue weighted by molar-refractivity contribution is 0.530. The molecule has 0 N–H and O–H groups in total. The van der Waals surface area contributed by atoms with Crippen molar-refractivity contribution in [3.05, 3.63) is 144 Å². The molecular formula is C73H102N2O. The quantitative estimate of drug-likeness (QED) is 0.161. The Labute approximate surface area is 463 Å². The minimum absolute atomic E-state index is 0.0564. The van der Waals surface area contributed by atoms with Gasteiger partial charge in [-0.15, -0.1) is 0 Å². The van der Waals surface area contributed by atoms with Gasteiger partial charge in [-0.1, -0.05) is 239 Å². The van der Waals surface area contributed by atoms with E-state index in [1.165, 1.54) is 61.3 Å². The van der Waals surface area contributed by atoms with Crippen LogP contribution in [0.5, 0.6) is 0 Å². The lowest BCUT2D eigenvalue weighted by atomic mass is 9.71. The Bertz CT molecular complexity index is 3330. The molecule has 7 rings (SSSR count). The normalized spacial score (nSPS) is 14.8. The second-order valence-electron chi connectivity index (χ2n) is 33.5. The lowest BCUT2D eigenvalue weighted by Crippen LogP contribution is -2.30. The summed E-state index contributed by atoms with van der Waals surface area (Å²) in [5.41, 5.74) is 20.5. The molecule has 0 unspecified atom stereocenters. The largest absolute Gasteiger partial charge is 0.309 e. The third-order valence-electron chi connectivity index (χ3n) is 16.4. The van der Waals surface area contributed by atoms with E-state index in [2.05, 4.69) is 278 Å². The maximum atomic E-state index is 16.4. The van der Waals surface area contributed by atoms with Gasteiger partial charge in [-0.2, -0.15) is 0 Å². The Kier molecular flexibility index (Phi) is 13.8. The number of pyridine rings is 1. The summed E-state index contributed by atoms with van der Waals surface area (Å²) in [4.78, 5) is 19.0. The molecule has 3 heteroatoms. The highest BCUT2D eigenvalue weighted by Crippen LogP contribution is 2.57. The predicted molar refractivity (Wildman–Crippen MR) is 337 cm³/mol. The molecule has 2 heterocycles. The van der Waals surface area contributed by atoms with E-state index in [0.717, 1.165) is 50.2 Å². The second-order valence-corrected chi connectivity index (χ2v) is 33.5. The number of nitrogens with zero attached hydrogens (tertiary/aromatic N) is 2. The van der Waals surface area contributed by atoms with Crippen LogP contribution in [0, 0.1) is 0 Å². The third kappa shape index (κ3) is 10.5. The number of rotatable bonds is 2. The molecule has 6 aromatic rings. The van der Waals surface area contributed by atoms with Gasteiger partial charge in [0.2, 0.25) is 0 Å². The molecule has 1 aromatic heterocycles. The van der Waals surface area contributed by atoms with Crippen LogP contribution >= 0.6 is 0 Å². The van der Waals surface area contributed by atoms with Crippen molar-refractivity contribution >= 4 is 44.4 Å². The summed E-state index contributed by atoms with van der Waals surface area (Å²) in [6.07, 6.45) is 0. The summed E-state index contributed by atoms with van der Waals surface area (Å²) in [6.45, 7) is 75.5. The predicted octanol–water partition coefficient (Wildman–Crippen LogP) is 21.0. The highest BCUT2D eigenvalue weighted by molar-refractivity contribution is 6.08. The summed E-state index contributed by atoms with van der Waals surface area (Å²) in [7, 11) is 0. The molecule has 0 spiro atoms. The van der Waals surface area contributed by atoms with Crippen LogP contribution in [0.2, 0.25) is 0 Å². The summed E-state index contributed by atoms with van der Waals surface area (Å²) in [5.74, 6) is 0. The smallest absolute Gasteiger partial charge is 0.197 e. The van der Waals surface area contributed by atoms with Crippen LogP contribution in [0.25, 0.3) is 33.1 Å². The molecule has 0 bridgehead atoms. The molecule has 1 aliphatic heterocycles. The molecule has 0 radical (unpaired) electrons. The fraction of sp³-hybridized carbons (Fsp3) is 0.548. The Hall–Kier alpha value is -4.89. The Morgan fingerprint density at radius 2 is 0.592 bits per heavy atom. The van der Waals surface area contributed by atoms with Crippen molar-refractivity contribution in [3.8, 4) is 5.69 Å². The summed E-state index contributed by atoms with van der Waals surface area (Å²) in [5, 5.41) is 1.45. The zero-order valence-electron chi connectivity index (χ0n) is 53.8. The van der Waals surface area contributed by atoms with Crippen molar-refractivity contribution in [2.45, 2.75) is 262 Å². The fourth-order valence-corrected chi connectivity index (χ4v) is 11.8. The first-order valence-corrected chi connectivity index (χ1v) is 28.7. The maximum Gasteiger partial charge on any atom is 0.197 e. The van der Waals surface area contributed by atoms with E-state index < -0.39 is 0 Å². The molecule has 0 saturated carbocycles. The summed E-state index contributed by atoms with van der Waals surface area (Å²) in [6, 6.07) is 24.3. The van der Waals surface area contributed by atoms with Gasteiger partial charge in [0.05, 0.1) is 33.8 Å². The number of anilines is 3. The van der Waals surface area contributed by atoms with Crippen molar-refractivity contribution in [2.24, 2.45) is 0 Å². The zero-order valence-corrected chi connectivity index (χ0v) is 53.8. The lowest BCUT2D eigenvalue weighted by Gasteiger charge is -2.43. The van der Waals surface area contributed by atoms with Gasteiger partial charge in [0.15, 0.2) is 5.43 Å². The standard InChI is InChI=1S/C73H102N2O/c1-42-45-36-49(66(8,9)10)51(68(14,15)16)40-59(45)74(61-53(70(20,21)22)32-43(64(2,3)4)33-54(61)71(23,24)25)57-39-48-58(38-46(42)57)75(60-41-52(69(17,18)19)50(67(11,12)13)37-47(60)63(48)76)62-55(72(26,27)28)34-44(65(5,6)7)35-56(62)73(29,30)31/h32-41H,1H2,2-31H3. The van der Waals surface area contributed by atoms with Crippen LogP contribution in [0.4, 0.5) is 17.1 Å². The number of hydrogen-bond acceptors (Lipinski definition) is 2. The van der Waals surface area contributed by atoms with Gasteiger partial charge in [0.1, 0.15) is 0 Å². The molecule has 76 heavy (non-hydrogen) atoms. The van der Waals surface area contributed by atoms with Gasteiger partial charge in [-0.05, 0) is 152 Å². The molecule has 0 atom stereocenters. The number of hydrogen-bond donors (Lipinski definition) is 0. The molecule has 1 aliphatic rings. The van der Waals surface area contributed by atoms with Gasteiger partial charge >= 0.3 is 0 Å². The van der Waals surface area contributed by atoms with Crippen LogP contribution in [-0.2, 0) is 54.1 Å². The first kappa shape index (κ1) is 58.8. The van der Waals surface area contributed by atoms with Crippen molar-refractivity contribution in [1.82, 2.24) is 4.57 Å². The van der Waals surface area contributed by atoms with Gasteiger partial charge in [-0.3, -0.25) is 4.79 Å². The van der Waals surface area contributed by atoms with Crippen molar-refractivity contribution in [3.63, 3.8) is 0 Å². The van der Waals surface area contributed by atoms with Crippen molar-refractivity contribution in [2.75, 3.05) is 4.90 Å². The van der Waals surface area contributed by atoms with E-state index in [-0.39, 0.29) is 59.6 Å². The van der Waals surface area contributed by atoms with Gasteiger partial charge in [0.25, 0.3) is 0 Å². The monoisotopic (exact) mass is 1020 g/mol. The van der Waals surface area contributed by atoms with E-state index in [9.17, 15) is 0 Å². The SMILES string of the molecule is C=C1c2cc(C(C)(C)C)c(C(C)(C)C)cc2N(c2c(C(C)(C)C)cc(C(C)(C)C)cc2C(C)(C)C)c2cc3c(=O)c4cc(C(C)(C)C)c(C(C)(C)C)cc4n(-c4c(C(C)(C)C)cc(C(C)(C)C)cc4C(C)(C)C)c3cc21. The fourth-order valence-electron chi connectivity index (χ4n) is 11.8. The number of benzene rings is 5. The average molecular weight is 1020 g/mol. The van der Waals surface area contributed by atoms with E-state index in [1.807, 2.05) is 0 Å². The first-order valence-electron chi connectivity index (χ1n) is 28.7. The molecule has 3 nitrogen and oxygen atoms in total. The van der Waals surface area contributed by atoms with E-state index in [0.29, 0.717) is 5.39 Å². The van der Waals surface area contributed by atoms with E-state index >= 15 is 4.79 Å². The number of aromatic nitrogens is 1. The van der Waals surface area contributed by atoms with Crippen LogP contribution in [0.1, 0.15) is 274 Å². The van der Waals surface area contributed by atoms with Crippen LogP contribution < -0.4 is 10.3 Å². The van der Waals surface area contributed by atoms with E-state index in [1.54, 1.807) is 0 Å². The highest BCUT2D eigenvalue weighted by Gasteiger charge is 2.40. The number of fused-ring (bicyclic) bond motifs is 4. The maximum absolute atomic E-state index is 16.4. The molecule has 0 saturated heterocycles. The minimum atomic E-state index is -0.260. The van der Waals surface area contributed by atoms with Gasteiger partial charge < -0.3 is 9.47 Å². The van der Waals surface area contributed by atoms with Crippen LogP contribution in [0.3, 0.4) is 0 Å². The molecular weight excluding hydrogens is 921 g/mol. The first-order chi connectivity index (χ1) is 33.9. The zero-order chi connectivity index (χ0) is 57.9. The molecule has 410 valence electrons. The van der Waals surface area contributed by atoms with Crippen molar-refractivity contribution in [1.29, 1.82) is 0 Å². The van der Waals surface area contributed by atoms with Crippen LogP contribution in [-0.4, -0.2) is 4.57 Å². The third-order valence-corrected chi connectivity index (χ3v) is 16.4. The Morgan fingerprint density at radius 1 is 0.303 bits per heavy atom. The van der Waals surface area contributed by atoms with Crippen molar-refractivity contribution < 1.29 is 0 Å². The second kappa shape index (κ2) is 17.8.